The number of allylic oxidation sites excluding steroid dienone is 1. The molecule has 0 radical (unpaired) electrons. The van der Waals surface area contributed by atoms with Gasteiger partial charge in [-0.1, -0.05) is 42.5 Å². The van der Waals surface area contributed by atoms with Gasteiger partial charge in [-0.25, -0.2) is 4.79 Å². The minimum absolute atomic E-state index is 0.0642. The van der Waals surface area contributed by atoms with Gasteiger partial charge in [-0.15, -0.1) is 0 Å². The topological polar surface area (TPSA) is 74.6 Å². The van der Waals surface area contributed by atoms with Crippen LogP contribution in [0.5, 0.6) is 0 Å². The van der Waals surface area contributed by atoms with Crippen molar-refractivity contribution < 1.29 is 19.8 Å². The van der Waals surface area contributed by atoms with Gasteiger partial charge in [0.1, 0.15) is 0 Å². The van der Waals surface area contributed by atoms with Gasteiger partial charge in [-0.05, 0) is 22.4 Å². The van der Waals surface area contributed by atoms with Gasteiger partial charge in [-0.2, -0.15) is 0 Å². The molecule has 0 bridgehead atoms. The van der Waals surface area contributed by atoms with Crippen LogP contribution in [-0.2, 0) is 4.79 Å². The third kappa shape index (κ3) is 1.82. The van der Waals surface area contributed by atoms with Crippen molar-refractivity contribution in [1.29, 1.82) is 0 Å². The van der Waals surface area contributed by atoms with Crippen molar-refractivity contribution in [2.45, 2.75) is 12.0 Å². The molecule has 0 heterocycles. The average molecular weight is 268 g/mol. The molecular weight excluding hydrogens is 256 g/mol. The number of carboxylic acid groups (broad SMARTS) is 1. The Hall–Kier alpha value is -2.46. The molecule has 0 aliphatic heterocycles. The summed E-state index contributed by atoms with van der Waals surface area (Å²) in [5, 5.41) is 19.9. The highest BCUT2D eigenvalue weighted by molar-refractivity contribution is 6.18. The van der Waals surface area contributed by atoms with E-state index in [2.05, 4.69) is 0 Å². The molecule has 2 atom stereocenters. The zero-order chi connectivity index (χ0) is 14.3. The van der Waals surface area contributed by atoms with Crippen molar-refractivity contribution in [3.05, 3.63) is 59.7 Å². The molecule has 0 spiro atoms. The molecule has 0 saturated carbocycles. The summed E-state index contributed by atoms with van der Waals surface area (Å²) in [6, 6.07) is 11.2. The SMILES string of the molecule is O=C(O)C(O)C=CC1C(=O)c2cccc3cccc1c23. The van der Waals surface area contributed by atoms with Gasteiger partial charge in [0.2, 0.25) is 0 Å². The number of carbonyl (C=O) groups is 2. The van der Waals surface area contributed by atoms with Crippen LogP contribution in [0.3, 0.4) is 0 Å². The van der Waals surface area contributed by atoms with Gasteiger partial charge in [0.05, 0.1) is 5.92 Å². The van der Waals surface area contributed by atoms with Crippen molar-refractivity contribution in [2.24, 2.45) is 0 Å². The third-order valence-electron chi connectivity index (χ3n) is 3.56. The minimum atomic E-state index is -1.59. The van der Waals surface area contributed by atoms with Crippen LogP contribution in [0.25, 0.3) is 10.8 Å². The lowest BCUT2D eigenvalue weighted by Gasteiger charge is -2.05. The maximum absolute atomic E-state index is 12.4. The normalized spacial score (nSPS) is 18.9. The quantitative estimate of drug-likeness (QED) is 0.836. The number of Topliss-reactive ketones (excluding diaryl/α,β-unsaturated/α-hetero) is 1. The Morgan fingerprint density at radius 1 is 1.20 bits per heavy atom. The van der Waals surface area contributed by atoms with E-state index in [1.54, 1.807) is 6.07 Å². The second kappa shape index (κ2) is 4.58. The second-order valence-corrected chi connectivity index (χ2v) is 4.76. The molecule has 0 fully saturated rings. The highest BCUT2D eigenvalue weighted by Gasteiger charge is 2.30. The summed E-state index contributed by atoms with van der Waals surface area (Å²) in [7, 11) is 0. The fraction of sp³-hybridized carbons (Fsp3) is 0.125. The molecule has 1 aliphatic carbocycles. The van der Waals surface area contributed by atoms with E-state index in [4.69, 9.17) is 5.11 Å². The molecule has 0 saturated heterocycles. The minimum Gasteiger partial charge on any atom is -0.479 e. The van der Waals surface area contributed by atoms with Crippen LogP contribution >= 0.6 is 0 Å². The van der Waals surface area contributed by atoms with Crippen LogP contribution in [0.2, 0.25) is 0 Å². The van der Waals surface area contributed by atoms with E-state index in [-0.39, 0.29) is 5.78 Å². The van der Waals surface area contributed by atoms with Crippen molar-refractivity contribution in [2.75, 3.05) is 0 Å². The van der Waals surface area contributed by atoms with Crippen LogP contribution in [0, 0.1) is 0 Å². The fourth-order valence-electron chi connectivity index (χ4n) is 2.63. The Bertz CT molecular complexity index is 740. The smallest absolute Gasteiger partial charge is 0.336 e. The third-order valence-corrected chi connectivity index (χ3v) is 3.56. The molecule has 4 heteroatoms. The number of rotatable bonds is 3. The zero-order valence-electron chi connectivity index (χ0n) is 10.5. The molecule has 1 aliphatic rings. The summed E-state index contributed by atoms with van der Waals surface area (Å²) >= 11 is 0. The number of benzene rings is 2. The fourth-order valence-corrected chi connectivity index (χ4v) is 2.63. The highest BCUT2D eigenvalue weighted by atomic mass is 16.4. The summed E-state index contributed by atoms with van der Waals surface area (Å²) in [4.78, 5) is 23.0. The van der Waals surface area contributed by atoms with E-state index in [9.17, 15) is 14.7 Å². The molecule has 2 aromatic rings. The van der Waals surface area contributed by atoms with Gasteiger partial charge in [-0.3, -0.25) is 4.79 Å². The van der Waals surface area contributed by atoms with Gasteiger partial charge < -0.3 is 10.2 Å². The summed E-state index contributed by atoms with van der Waals surface area (Å²) in [5.74, 6) is -1.92. The largest absolute Gasteiger partial charge is 0.479 e. The van der Waals surface area contributed by atoms with Crippen LogP contribution in [0.4, 0.5) is 0 Å². The predicted molar refractivity (Wildman–Crippen MR) is 73.8 cm³/mol. The second-order valence-electron chi connectivity index (χ2n) is 4.76. The number of ketones is 1. The Kier molecular flexibility index (Phi) is 2.88. The molecular formula is C16H12O4. The number of carboxylic acids is 1. The zero-order valence-corrected chi connectivity index (χ0v) is 10.5. The predicted octanol–water partition coefficient (Wildman–Crippen LogP) is 2.12. The van der Waals surface area contributed by atoms with Crippen LogP contribution < -0.4 is 0 Å². The number of aliphatic carboxylic acids is 1. The highest BCUT2D eigenvalue weighted by Crippen LogP contribution is 2.38. The van der Waals surface area contributed by atoms with E-state index in [1.165, 1.54) is 6.08 Å². The summed E-state index contributed by atoms with van der Waals surface area (Å²) in [6.45, 7) is 0. The number of aliphatic hydroxyl groups is 1. The lowest BCUT2D eigenvalue weighted by molar-refractivity contribution is -0.144. The monoisotopic (exact) mass is 268 g/mol. The Morgan fingerprint density at radius 2 is 1.90 bits per heavy atom. The Labute approximate surface area is 115 Å². The number of hydrogen-bond donors (Lipinski definition) is 2. The molecule has 4 nitrogen and oxygen atoms in total. The molecule has 2 N–H and O–H groups in total. The van der Waals surface area contributed by atoms with Gasteiger partial charge >= 0.3 is 5.97 Å². The lowest BCUT2D eigenvalue weighted by Crippen LogP contribution is -2.16. The van der Waals surface area contributed by atoms with Crippen molar-refractivity contribution in [3.63, 3.8) is 0 Å². The lowest BCUT2D eigenvalue weighted by atomic mass is 9.98. The van der Waals surface area contributed by atoms with Crippen molar-refractivity contribution >= 4 is 22.5 Å². The first kappa shape index (κ1) is 12.6. The van der Waals surface area contributed by atoms with E-state index >= 15 is 0 Å². The van der Waals surface area contributed by atoms with E-state index < -0.39 is 18.0 Å². The number of aliphatic hydroxyl groups excluding tert-OH is 1. The van der Waals surface area contributed by atoms with Crippen molar-refractivity contribution in [3.8, 4) is 0 Å². The van der Waals surface area contributed by atoms with Gasteiger partial charge in [0.15, 0.2) is 11.9 Å². The van der Waals surface area contributed by atoms with E-state index in [1.807, 2.05) is 30.3 Å². The van der Waals surface area contributed by atoms with Crippen molar-refractivity contribution in [1.82, 2.24) is 0 Å². The van der Waals surface area contributed by atoms with E-state index in [0.717, 1.165) is 22.4 Å². The summed E-state index contributed by atoms with van der Waals surface area (Å²) < 4.78 is 0. The average Bonchev–Trinajstić information content (AvgIpc) is 2.72. The standard InChI is InChI=1S/C16H12O4/c17-13(16(19)20)8-7-11-10-5-1-3-9-4-2-6-12(14(9)10)15(11)18/h1-8,11,13,17H,(H,19,20). The molecule has 0 aromatic heterocycles. The molecule has 2 unspecified atom stereocenters. The summed E-state index contributed by atoms with van der Waals surface area (Å²) in [5.41, 5.74) is 1.51. The molecule has 2 aromatic carbocycles. The van der Waals surface area contributed by atoms with Crippen LogP contribution in [0.15, 0.2) is 48.6 Å². The Balaban J connectivity index is 2.07. The summed E-state index contributed by atoms with van der Waals surface area (Å²) in [6.07, 6.45) is 1.02. The first-order valence-electron chi connectivity index (χ1n) is 6.24. The first-order valence-corrected chi connectivity index (χ1v) is 6.24. The van der Waals surface area contributed by atoms with Crippen LogP contribution in [0.1, 0.15) is 21.8 Å². The maximum Gasteiger partial charge on any atom is 0.336 e. The van der Waals surface area contributed by atoms with Gasteiger partial charge in [0, 0.05) is 5.56 Å². The van der Waals surface area contributed by atoms with Crippen LogP contribution in [-0.4, -0.2) is 28.1 Å². The van der Waals surface area contributed by atoms with E-state index in [0.29, 0.717) is 5.56 Å². The Morgan fingerprint density at radius 3 is 2.60 bits per heavy atom. The molecule has 3 rings (SSSR count). The first-order chi connectivity index (χ1) is 9.59. The molecule has 100 valence electrons. The maximum atomic E-state index is 12.4. The molecule has 0 amide bonds. The molecule has 20 heavy (non-hydrogen) atoms. The van der Waals surface area contributed by atoms with Gasteiger partial charge in [0.25, 0.3) is 0 Å². The number of hydrogen-bond acceptors (Lipinski definition) is 3. The number of carbonyl (C=O) groups excluding carboxylic acids is 1.